The molecule has 2 aromatic rings. The minimum absolute atomic E-state index is 0.158. The number of rotatable bonds is 2. The second-order valence-corrected chi connectivity index (χ2v) is 4.52. The minimum Gasteiger partial charge on any atom is -0.334 e. The van der Waals surface area contributed by atoms with E-state index in [0.717, 1.165) is 21.1 Å². The summed E-state index contributed by atoms with van der Waals surface area (Å²) in [5.74, 6) is 0.158. The highest BCUT2D eigenvalue weighted by Crippen LogP contribution is 2.24. The lowest BCUT2D eigenvalue weighted by molar-refractivity contribution is -0.116. The first-order chi connectivity index (χ1) is 7.08. The Labute approximate surface area is 96.2 Å². The quantitative estimate of drug-likeness (QED) is 0.837. The topological polar surface area (TPSA) is 34.9 Å². The third-order valence-electron chi connectivity index (χ3n) is 2.33. The summed E-state index contributed by atoms with van der Waals surface area (Å²) in [6.45, 7) is 1.59. The standard InChI is InChI=1S/C11H11BrN2O/c1-7(15)3-8-4-10-11(5-9(8)12)14(2)6-13-10/h4-6H,3H2,1-2H3. The second kappa shape index (κ2) is 3.77. The normalized spacial score (nSPS) is 10.9. The van der Waals surface area contributed by atoms with Crippen molar-refractivity contribution in [1.82, 2.24) is 9.55 Å². The summed E-state index contributed by atoms with van der Waals surface area (Å²) in [7, 11) is 1.95. The molecule has 0 amide bonds. The van der Waals surface area contributed by atoms with Crippen molar-refractivity contribution in [3.8, 4) is 0 Å². The Hall–Kier alpha value is -1.16. The van der Waals surface area contributed by atoms with Crippen LogP contribution >= 0.6 is 15.9 Å². The lowest BCUT2D eigenvalue weighted by atomic mass is 10.1. The Morgan fingerprint density at radius 2 is 2.27 bits per heavy atom. The summed E-state index contributed by atoms with van der Waals surface area (Å²) in [4.78, 5) is 15.3. The number of halogens is 1. The van der Waals surface area contributed by atoms with Crippen molar-refractivity contribution in [2.75, 3.05) is 0 Å². The Morgan fingerprint density at radius 3 is 2.93 bits per heavy atom. The molecule has 0 saturated heterocycles. The molecule has 0 fully saturated rings. The van der Waals surface area contributed by atoms with Gasteiger partial charge in [-0.2, -0.15) is 0 Å². The molecule has 0 radical (unpaired) electrons. The lowest BCUT2D eigenvalue weighted by Gasteiger charge is -2.03. The van der Waals surface area contributed by atoms with Crippen LogP contribution in [-0.2, 0) is 18.3 Å². The third-order valence-corrected chi connectivity index (χ3v) is 3.07. The van der Waals surface area contributed by atoms with Crippen molar-refractivity contribution in [3.63, 3.8) is 0 Å². The van der Waals surface area contributed by atoms with Crippen LogP contribution < -0.4 is 0 Å². The van der Waals surface area contributed by atoms with Gasteiger partial charge < -0.3 is 4.57 Å². The number of benzene rings is 1. The van der Waals surface area contributed by atoms with Crippen LogP contribution in [0.3, 0.4) is 0 Å². The number of ketones is 1. The van der Waals surface area contributed by atoms with E-state index in [9.17, 15) is 4.79 Å². The molecule has 78 valence electrons. The van der Waals surface area contributed by atoms with Crippen LogP contribution in [0.5, 0.6) is 0 Å². The van der Waals surface area contributed by atoms with Crippen LogP contribution in [0, 0.1) is 0 Å². The fourth-order valence-electron chi connectivity index (χ4n) is 1.60. The van der Waals surface area contributed by atoms with Crippen molar-refractivity contribution in [2.24, 2.45) is 7.05 Å². The van der Waals surface area contributed by atoms with Gasteiger partial charge in [0.1, 0.15) is 5.78 Å². The molecule has 2 rings (SSSR count). The van der Waals surface area contributed by atoms with Crippen LogP contribution in [0.15, 0.2) is 22.9 Å². The van der Waals surface area contributed by atoms with E-state index in [0.29, 0.717) is 6.42 Å². The van der Waals surface area contributed by atoms with Crippen LogP contribution in [0.1, 0.15) is 12.5 Å². The number of Topliss-reactive ketones (excluding diaryl/α,β-unsaturated/α-hetero) is 1. The predicted molar refractivity (Wildman–Crippen MR) is 62.8 cm³/mol. The van der Waals surface area contributed by atoms with Gasteiger partial charge >= 0.3 is 0 Å². The van der Waals surface area contributed by atoms with Gasteiger partial charge in [-0.3, -0.25) is 4.79 Å². The highest BCUT2D eigenvalue weighted by Gasteiger charge is 2.07. The minimum atomic E-state index is 0.158. The first kappa shape index (κ1) is 10.4. The number of nitrogens with zero attached hydrogens (tertiary/aromatic N) is 2. The number of aryl methyl sites for hydroxylation is 1. The molecule has 0 unspecified atom stereocenters. The zero-order chi connectivity index (χ0) is 11.0. The molecule has 0 aliphatic rings. The summed E-state index contributed by atoms with van der Waals surface area (Å²) in [6.07, 6.45) is 2.22. The van der Waals surface area contributed by atoms with Crippen LogP contribution in [0.2, 0.25) is 0 Å². The van der Waals surface area contributed by atoms with Gasteiger partial charge in [-0.1, -0.05) is 15.9 Å². The molecule has 0 bridgehead atoms. The second-order valence-electron chi connectivity index (χ2n) is 3.67. The first-order valence-electron chi connectivity index (χ1n) is 4.67. The van der Waals surface area contributed by atoms with Crippen LogP contribution in [-0.4, -0.2) is 15.3 Å². The Kier molecular flexibility index (Phi) is 2.61. The van der Waals surface area contributed by atoms with Gasteiger partial charge in [0.15, 0.2) is 0 Å². The van der Waals surface area contributed by atoms with Gasteiger partial charge in [-0.25, -0.2) is 4.98 Å². The van der Waals surface area contributed by atoms with Crippen LogP contribution in [0.4, 0.5) is 0 Å². The van der Waals surface area contributed by atoms with Crippen molar-refractivity contribution in [3.05, 3.63) is 28.5 Å². The van der Waals surface area contributed by atoms with Gasteiger partial charge in [0, 0.05) is 17.9 Å². The number of hydrogen-bond acceptors (Lipinski definition) is 2. The molecule has 1 heterocycles. The summed E-state index contributed by atoms with van der Waals surface area (Å²) in [5, 5.41) is 0. The van der Waals surface area contributed by atoms with Crippen molar-refractivity contribution < 1.29 is 4.79 Å². The van der Waals surface area contributed by atoms with E-state index in [4.69, 9.17) is 0 Å². The molecule has 0 aliphatic heterocycles. The van der Waals surface area contributed by atoms with Crippen LogP contribution in [0.25, 0.3) is 11.0 Å². The molecule has 0 aliphatic carbocycles. The molecule has 15 heavy (non-hydrogen) atoms. The lowest BCUT2D eigenvalue weighted by Crippen LogP contribution is -1.97. The van der Waals surface area contributed by atoms with Gasteiger partial charge in [-0.15, -0.1) is 0 Å². The molecule has 0 saturated carbocycles. The zero-order valence-corrected chi connectivity index (χ0v) is 10.2. The molecule has 3 nitrogen and oxygen atoms in total. The maximum Gasteiger partial charge on any atom is 0.134 e. The van der Waals surface area contributed by atoms with E-state index >= 15 is 0 Å². The largest absolute Gasteiger partial charge is 0.334 e. The Bertz CT molecular complexity index is 531. The summed E-state index contributed by atoms with van der Waals surface area (Å²) >= 11 is 3.47. The molecule has 1 aromatic heterocycles. The van der Waals surface area contributed by atoms with Crippen molar-refractivity contribution in [2.45, 2.75) is 13.3 Å². The van der Waals surface area contributed by atoms with E-state index in [1.54, 1.807) is 13.3 Å². The van der Waals surface area contributed by atoms with Gasteiger partial charge in [0.2, 0.25) is 0 Å². The Balaban J connectivity index is 2.57. The molecular weight excluding hydrogens is 256 g/mol. The molecule has 0 spiro atoms. The number of carbonyl (C=O) groups is 1. The Morgan fingerprint density at radius 1 is 1.53 bits per heavy atom. The first-order valence-corrected chi connectivity index (χ1v) is 5.46. The smallest absolute Gasteiger partial charge is 0.134 e. The van der Waals surface area contributed by atoms with Gasteiger partial charge in [0.05, 0.1) is 17.4 Å². The monoisotopic (exact) mass is 266 g/mol. The van der Waals surface area contributed by atoms with E-state index in [1.165, 1.54) is 0 Å². The average Bonchev–Trinajstić information content (AvgIpc) is 2.48. The summed E-state index contributed by atoms with van der Waals surface area (Å²) in [6, 6.07) is 3.96. The fourth-order valence-corrected chi connectivity index (χ4v) is 2.07. The van der Waals surface area contributed by atoms with E-state index in [1.807, 2.05) is 23.7 Å². The molecule has 0 atom stereocenters. The highest BCUT2D eigenvalue weighted by molar-refractivity contribution is 9.10. The SMILES string of the molecule is CC(=O)Cc1cc2ncn(C)c2cc1Br. The fraction of sp³-hybridized carbons (Fsp3) is 0.273. The van der Waals surface area contributed by atoms with Crippen molar-refractivity contribution >= 4 is 32.7 Å². The van der Waals surface area contributed by atoms with E-state index in [-0.39, 0.29) is 5.78 Å². The summed E-state index contributed by atoms with van der Waals surface area (Å²) < 4.78 is 2.92. The number of carbonyl (C=O) groups excluding carboxylic acids is 1. The zero-order valence-electron chi connectivity index (χ0n) is 8.62. The molecule has 4 heteroatoms. The van der Waals surface area contributed by atoms with Gasteiger partial charge in [-0.05, 0) is 24.6 Å². The van der Waals surface area contributed by atoms with E-state index < -0.39 is 0 Å². The van der Waals surface area contributed by atoms with Crippen molar-refractivity contribution in [1.29, 1.82) is 0 Å². The summed E-state index contributed by atoms with van der Waals surface area (Å²) in [5.41, 5.74) is 2.99. The number of aromatic nitrogens is 2. The highest BCUT2D eigenvalue weighted by atomic mass is 79.9. The van der Waals surface area contributed by atoms with Gasteiger partial charge in [0.25, 0.3) is 0 Å². The molecular formula is C11H11BrN2O. The van der Waals surface area contributed by atoms with E-state index in [2.05, 4.69) is 20.9 Å². The third kappa shape index (κ3) is 1.95. The number of hydrogen-bond donors (Lipinski definition) is 0. The maximum absolute atomic E-state index is 11.1. The number of fused-ring (bicyclic) bond motifs is 1. The molecule has 0 N–H and O–H groups in total. The number of imidazole rings is 1. The molecule has 1 aromatic carbocycles. The maximum atomic E-state index is 11.1. The average molecular weight is 267 g/mol. The predicted octanol–water partition coefficient (Wildman–Crippen LogP) is 2.47.